The molecule has 2 N–H and O–H groups in total. The number of carbonyl (C=O) groups is 2. The number of hydrogen-bond acceptors (Lipinski definition) is 7. The number of nitrogens with zero attached hydrogens (tertiary/aromatic N) is 3. The summed E-state index contributed by atoms with van der Waals surface area (Å²) in [4.78, 5) is 25.0. The summed E-state index contributed by atoms with van der Waals surface area (Å²) in [7, 11) is 0. The topological polar surface area (TPSA) is 107 Å². The lowest BCUT2D eigenvalue weighted by Crippen LogP contribution is -2.41. The minimum atomic E-state index is -0.232. The Kier molecular flexibility index (Phi) is 7.19. The lowest BCUT2D eigenvalue weighted by atomic mass is 9.86. The molecule has 0 saturated heterocycles. The molecule has 1 aliphatic heterocycles. The molecule has 1 saturated carbocycles. The first-order valence-corrected chi connectivity index (χ1v) is 12.1. The summed E-state index contributed by atoms with van der Waals surface area (Å²) in [6.07, 6.45) is 4.64. The Morgan fingerprint density at radius 2 is 2.00 bits per heavy atom. The molecule has 32 heavy (non-hydrogen) atoms. The number of carbonyl (C=O) groups excluding carboxylic acids is 2. The van der Waals surface area contributed by atoms with E-state index in [4.69, 9.17) is 9.47 Å². The third kappa shape index (κ3) is 5.17. The van der Waals surface area contributed by atoms with Crippen LogP contribution in [0.3, 0.4) is 0 Å². The van der Waals surface area contributed by atoms with Crippen molar-refractivity contribution in [1.29, 1.82) is 0 Å². The zero-order valence-electron chi connectivity index (χ0n) is 18.4. The number of thioether (sulfide) groups is 1. The quantitative estimate of drug-likeness (QED) is 0.585. The first kappa shape index (κ1) is 22.4. The summed E-state index contributed by atoms with van der Waals surface area (Å²) < 4.78 is 12.5. The van der Waals surface area contributed by atoms with Crippen molar-refractivity contribution in [2.75, 3.05) is 12.5 Å². The molecule has 2 aromatic rings. The van der Waals surface area contributed by atoms with Crippen molar-refractivity contribution in [1.82, 2.24) is 25.4 Å². The van der Waals surface area contributed by atoms with Crippen molar-refractivity contribution in [2.45, 2.75) is 63.8 Å². The van der Waals surface area contributed by atoms with Gasteiger partial charge in [0.1, 0.15) is 0 Å². The number of ether oxygens (including phenoxy) is 2. The highest BCUT2D eigenvalue weighted by atomic mass is 32.2. The number of nitrogens with one attached hydrogen (secondary N) is 2. The average Bonchev–Trinajstić information content (AvgIpc) is 3.43. The van der Waals surface area contributed by atoms with Gasteiger partial charge in [-0.1, -0.05) is 31.5 Å². The number of rotatable bonds is 8. The standard InChI is InChI=1S/C22H29N5O4S/c1-3-27-19(11-23-21(29)15-8-9-17-18(10-15)31-13-30-17)25-26-22(27)32-12-20(28)24-16-7-5-4-6-14(16)2/h8-10,14,16H,3-7,11-13H2,1-2H3,(H,23,29)(H,24,28)/t14-,16+/m1/s1. The van der Waals surface area contributed by atoms with Crippen LogP contribution in [0.1, 0.15) is 55.7 Å². The van der Waals surface area contributed by atoms with Gasteiger partial charge in [-0.3, -0.25) is 9.59 Å². The maximum Gasteiger partial charge on any atom is 0.251 e. The van der Waals surface area contributed by atoms with E-state index in [9.17, 15) is 9.59 Å². The van der Waals surface area contributed by atoms with Gasteiger partial charge in [-0.15, -0.1) is 10.2 Å². The molecule has 0 radical (unpaired) electrons. The second-order valence-electron chi connectivity index (χ2n) is 8.12. The highest BCUT2D eigenvalue weighted by molar-refractivity contribution is 7.99. The van der Waals surface area contributed by atoms with E-state index in [0.717, 1.165) is 6.42 Å². The maximum atomic E-state index is 12.5. The Bertz CT molecular complexity index is 979. The van der Waals surface area contributed by atoms with Gasteiger partial charge < -0.3 is 24.7 Å². The number of hydrogen-bond donors (Lipinski definition) is 2. The third-order valence-corrected chi connectivity index (χ3v) is 6.91. The van der Waals surface area contributed by atoms with Crippen LogP contribution in [0.4, 0.5) is 0 Å². The van der Waals surface area contributed by atoms with E-state index in [1.165, 1.54) is 31.0 Å². The van der Waals surface area contributed by atoms with Crippen molar-refractivity contribution in [3.63, 3.8) is 0 Å². The largest absolute Gasteiger partial charge is 0.454 e. The molecule has 0 bridgehead atoms. The summed E-state index contributed by atoms with van der Waals surface area (Å²) in [5.74, 6) is 2.46. The summed E-state index contributed by atoms with van der Waals surface area (Å²) in [5, 5.41) is 15.2. The van der Waals surface area contributed by atoms with Crippen LogP contribution < -0.4 is 20.1 Å². The van der Waals surface area contributed by atoms with Crippen molar-refractivity contribution in [2.24, 2.45) is 5.92 Å². The summed E-state index contributed by atoms with van der Waals surface area (Å²) in [6, 6.07) is 5.35. The van der Waals surface area contributed by atoms with Gasteiger partial charge in [0.05, 0.1) is 12.3 Å². The molecule has 1 aromatic heterocycles. The van der Waals surface area contributed by atoms with Gasteiger partial charge in [0.15, 0.2) is 22.5 Å². The molecule has 2 heterocycles. The Labute approximate surface area is 191 Å². The van der Waals surface area contributed by atoms with Gasteiger partial charge in [-0.25, -0.2) is 0 Å². The Morgan fingerprint density at radius 3 is 2.81 bits per heavy atom. The van der Waals surface area contributed by atoms with E-state index in [1.807, 2.05) is 11.5 Å². The van der Waals surface area contributed by atoms with Crippen LogP contribution in [0.15, 0.2) is 23.4 Å². The van der Waals surface area contributed by atoms with Gasteiger partial charge in [-0.05, 0) is 43.9 Å². The normalized spacial score (nSPS) is 19.6. The van der Waals surface area contributed by atoms with Crippen molar-refractivity contribution in [3.8, 4) is 11.5 Å². The maximum absolute atomic E-state index is 12.5. The van der Waals surface area contributed by atoms with Gasteiger partial charge in [0, 0.05) is 18.2 Å². The fourth-order valence-corrected chi connectivity index (χ4v) is 4.92. The molecule has 172 valence electrons. The average molecular weight is 460 g/mol. The van der Waals surface area contributed by atoms with Crippen LogP contribution in [0.2, 0.25) is 0 Å². The fraction of sp³-hybridized carbons (Fsp3) is 0.545. The van der Waals surface area contributed by atoms with E-state index in [0.29, 0.717) is 46.3 Å². The van der Waals surface area contributed by atoms with Crippen molar-refractivity contribution in [3.05, 3.63) is 29.6 Å². The van der Waals surface area contributed by atoms with Gasteiger partial charge in [0.25, 0.3) is 5.91 Å². The molecular formula is C22H29N5O4S. The van der Waals surface area contributed by atoms with E-state index >= 15 is 0 Å². The first-order valence-electron chi connectivity index (χ1n) is 11.1. The van der Waals surface area contributed by atoms with Crippen molar-refractivity contribution < 1.29 is 19.1 Å². The molecule has 10 heteroatoms. The lowest BCUT2D eigenvalue weighted by Gasteiger charge is -2.29. The second-order valence-corrected chi connectivity index (χ2v) is 9.06. The molecule has 0 unspecified atom stereocenters. The van der Waals surface area contributed by atoms with Crippen LogP contribution in [0.25, 0.3) is 0 Å². The van der Waals surface area contributed by atoms with Gasteiger partial charge in [0.2, 0.25) is 12.7 Å². The van der Waals surface area contributed by atoms with E-state index in [-0.39, 0.29) is 31.2 Å². The molecule has 2 atom stereocenters. The zero-order valence-corrected chi connectivity index (χ0v) is 19.2. The summed E-state index contributed by atoms with van der Waals surface area (Å²) >= 11 is 1.37. The van der Waals surface area contributed by atoms with E-state index in [1.54, 1.807) is 18.2 Å². The molecule has 2 amide bonds. The highest BCUT2D eigenvalue weighted by Gasteiger charge is 2.23. The van der Waals surface area contributed by atoms with Crippen LogP contribution in [0, 0.1) is 5.92 Å². The monoisotopic (exact) mass is 459 g/mol. The number of benzene rings is 1. The van der Waals surface area contributed by atoms with Gasteiger partial charge >= 0.3 is 0 Å². The van der Waals surface area contributed by atoms with Gasteiger partial charge in [-0.2, -0.15) is 0 Å². The summed E-state index contributed by atoms with van der Waals surface area (Å²) in [5.41, 5.74) is 0.486. The molecule has 4 rings (SSSR count). The first-order chi connectivity index (χ1) is 15.5. The molecule has 2 aliphatic rings. The summed E-state index contributed by atoms with van der Waals surface area (Å²) in [6.45, 7) is 5.24. The van der Waals surface area contributed by atoms with Crippen LogP contribution >= 0.6 is 11.8 Å². The molecule has 0 spiro atoms. The molecule has 9 nitrogen and oxygen atoms in total. The number of fused-ring (bicyclic) bond motifs is 1. The predicted molar refractivity (Wildman–Crippen MR) is 120 cm³/mol. The predicted octanol–water partition coefficient (Wildman–Crippen LogP) is 2.74. The second kappa shape index (κ2) is 10.2. The fourth-order valence-electron chi connectivity index (χ4n) is 4.08. The van der Waals surface area contributed by atoms with Crippen LogP contribution in [-0.2, 0) is 17.9 Å². The number of amides is 2. The lowest BCUT2D eigenvalue weighted by molar-refractivity contribution is -0.119. The number of aromatic nitrogens is 3. The Hall–Kier alpha value is -2.75. The molecular weight excluding hydrogens is 430 g/mol. The molecule has 1 fully saturated rings. The van der Waals surface area contributed by atoms with Crippen molar-refractivity contribution >= 4 is 23.6 Å². The minimum Gasteiger partial charge on any atom is -0.454 e. The van der Waals surface area contributed by atoms with Crippen LogP contribution in [-0.4, -0.2) is 45.2 Å². The highest BCUT2D eigenvalue weighted by Crippen LogP contribution is 2.32. The third-order valence-electron chi connectivity index (χ3n) is 5.94. The minimum absolute atomic E-state index is 0.0251. The molecule has 1 aromatic carbocycles. The zero-order chi connectivity index (χ0) is 22.5. The van der Waals surface area contributed by atoms with E-state index in [2.05, 4.69) is 27.8 Å². The molecule has 1 aliphatic carbocycles. The van der Waals surface area contributed by atoms with Crippen LogP contribution in [0.5, 0.6) is 11.5 Å². The van der Waals surface area contributed by atoms with E-state index < -0.39 is 0 Å². The Morgan fingerprint density at radius 1 is 1.19 bits per heavy atom. The SMILES string of the molecule is CCn1c(CNC(=O)c2ccc3c(c2)OCO3)nnc1SCC(=O)N[C@H]1CCCC[C@H]1C. The smallest absolute Gasteiger partial charge is 0.251 e. The Balaban J connectivity index is 1.30.